The van der Waals surface area contributed by atoms with Crippen LogP contribution in [0.25, 0.3) is 6.08 Å². The fraction of sp³-hybridized carbons (Fsp3) is 0.524. The van der Waals surface area contributed by atoms with Gasteiger partial charge in [-0.3, -0.25) is 9.53 Å². The summed E-state index contributed by atoms with van der Waals surface area (Å²) in [5.41, 5.74) is 0.741. The van der Waals surface area contributed by atoms with Gasteiger partial charge < -0.3 is 13.9 Å². The first-order valence-electron chi connectivity index (χ1n) is 9.95. The first kappa shape index (κ1) is 23.5. The SMILES string of the molecule is Cc1oc(C2CCC(OC(F)(F)F)CC2)nc1Cc1ccc(/C=C/CSCC(=O)O)o1. The molecule has 1 fully saturated rings. The topological polar surface area (TPSA) is 85.7 Å². The minimum atomic E-state index is -4.60. The van der Waals surface area contributed by atoms with Crippen molar-refractivity contribution >= 4 is 23.8 Å². The van der Waals surface area contributed by atoms with Crippen LogP contribution < -0.4 is 0 Å². The lowest BCUT2D eigenvalue weighted by molar-refractivity contribution is -0.345. The molecule has 2 heterocycles. The van der Waals surface area contributed by atoms with Gasteiger partial charge in [0, 0.05) is 11.7 Å². The van der Waals surface area contributed by atoms with Crippen LogP contribution in [-0.4, -0.2) is 40.0 Å². The van der Waals surface area contributed by atoms with E-state index in [1.807, 2.05) is 25.1 Å². The van der Waals surface area contributed by atoms with Gasteiger partial charge in [-0.05, 0) is 50.8 Å². The van der Waals surface area contributed by atoms with Crippen molar-refractivity contribution in [1.29, 1.82) is 0 Å². The van der Waals surface area contributed by atoms with Gasteiger partial charge in [-0.1, -0.05) is 6.08 Å². The summed E-state index contributed by atoms with van der Waals surface area (Å²) < 4.78 is 52.8. The lowest BCUT2D eigenvalue weighted by atomic mass is 9.87. The molecule has 0 radical (unpaired) electrons. The van der Waals surface area contributed by atoms with E-state index in [-0.39, 0.29) is 11.7 Å². The van der Waals surface area contributed by atoms with Gasteiger partial charge in [0.05, 0.1) is 24.0 Å². The normalized spacial score (nSPS) is 19.9. The number of furan rings is 1. The molecule has 6 nitrogen and oxygen atoms in total. The van der Waals surface area contributed by atoms with Crippen molar-refractivity contribution in [2.24, 2.45) is 0 Å². The summed E-state index contributed by atoms with van der Waals surface area (Å²) >= 11 is 1.30. The molecule has 170 valence electrons. The smallest absolute Gasteiger partial charge is 0.481 e. The summed E-state index contributed by atoms with van der Waals surface area (Å²) in [6, 6.07) is 3.67. The number of aromatic nitrogens is 1. The second-order valence-electron chi connectivity index (χ2n) is 7.38. The number of aliphatic carboxylic acids is 1. The number of nitrogens with zero attached hydrogens (tertiary/aromatic N) is 1. The van der Waals surface area contributed by atoms with Crippen LogP contribution in [0.2, 0.25) is 0 Å². The first-order chi connectivity index (χ1) is 14.7. The second kappa shape index (κ2) is 10.4. The van der Waals surface area contributed by atoms with Gasteiger partial charge in [-0.15, -0.1) is 24.9 Å². The molecule has 0 amide bonds. The molecule has 31 heavy (non-hydrogen) atoms. The van der Waals surface area contributed by atoms with E-state index >= 15 is 0 Å². The van der Waals surface area contributed by atoms with E-state index in [0.29, 0.717) is 61.0 Å². The largest absolute Gasteiger partial charge is 0.522 e. The number of carbonyl (C=O) groups is 1. The van der Waals surface area contributed by atoms with Crippen LogP contribution in [0.4, 0.5) is 13.2 Å². The monoisotopic (exact) mass is 459 g/mol. The Morgan fingerprint density at radius 3 is 2.71 bits per heavy atom. The maximum Gasteiger partial charge on any atom is 0.522 e. The third-order valence-corrected chi connectivity index (χ3v) is 5.86. The summed E-state index contributed by atoms with van der Waals surface area (Å²) in [6.07, 6.45) is 0.395. The molecule has 1 aliphatic rings. The highest BCUT2D eigenvalue weighted by molar-refractivity contribution is 8.00. The first-order valence-corrected chi connectivity index (χ1v) is 11.1. The third kappa shape index (κ3) is 7.46. The number of alkyl halides is 3. The van der Waals surface area contributed by atoms with Crippen LogP contribution in [0.5, 0.6) is 0 Å². The molecule has 0 atom stereocenters. The lowest BCUT2D eigenvalue weighted by Crippen LogP contribution is -2.27. The van der Waals surface area contributed by atoms with Crippen LogP contribution in [0, 0.1) is 6.92 Å². The van der Waals surface area contributed by atoms with Crippen molar-refractivity contribution < 1.29 is 36.6 Å². The average Bonchev–Trinajstić information content (AvgIpc) is 3.27. The molecule has 0 saturated heterocycles. The molecule has 10 heteroatoms. The van der Waals surface area contributed by atoms with Gasteiger partial charge in [0.1, 0.15) is 17.3 Å². The van der Waals surface area contributed by atoms with Gasteiger partial charge in [0.15, 0.2) is 5.89 Å². The molecule has 1 aliphatic carbocycles. The maximum absolute atomic E-state index is 12.4. The highest BCUT2D eigenvalue weighted by atomic mass is 32.2. The Balaban J connectivity index is 1.52. The summed E-state index contributed by atoms with van der Waals surface area (Å²) in [7, 11) is 0. The molecule has 3 rings (SSSR count). The lowest BCUT2D eigenvalue weighted by Gasteiger charge is -2.27. The Labute approximate surface area is 181 Å². The van der Waals surface area contributed by atoms with Crippen molar-refractivity contribution in [2.75, 3.05) is 11.5 Å². The molecule has 0 bridgehead atoms. The van der Waals surface area contributed by atoms with Crippen LogP contribution in [0.15, 0.2) is 27.0 Å². The number of hydrogen-bond donors (Lipinski definition) is 1. The van der Waals surface area contributed by atoms with Gasteiger partial charge >= 0.3 is 12.3 Å². The fourth-order valence-electron chi connectivity index (χ4n) is 3.53. The molecule has 0 spiro atoms. The molecule has 2 aromatic heterocycles. The Morgan fingerprint density at radius 1 is 1.29 bits per heavy atom. The fourth-order valence-corrected chi connectivity index (χ4v) is 4.05. The van der Waals surface area contributed by atoms with E-state index in [1.165, 1.54) is 11.8 Å². The standard InChI is InChI=1S/C21H24F3NO5S/c1-13-18(11-17-9-8-15(29-17)3-2-10-31-12-19(26)27)25-20(28-13)14-4-6-16(7-5-14)30-21(22,23)24/h2-3,8-9,14,16H,4-7,10-12H2,1H3,(H,26,27)/b3-2+. The Morgan fingerprint density at radius 2 is 2.03 bits per heavy atom. The molecule has 0 unspecified atom stereocenters. The summed E-state index contributed by atoms with van der Waals surface area (Å²) in [4.78, 5) is 15.1. The van der Waals surface area contributed by atoms with E-state index in [4.69, 9.17) is 13.9 Å². The van der Waals surface area contributed by atoms with Crippen molar-refractivity contribution in [3.8, 4) is 0 Å². The minimum absolute atomic E-state index is 0.0149. The number of oxazole rings is 1. The van der Waals surface area contributed by atoms with Crippen LogP contribution in [-0.2, 0) is 16.0 Å². The average molecular weight is 459 g/mol. The molecular weight excluding hydrogens is 435 g/mol. The van der Waals surface area contributed by atoms with Gasteiger partial charge in [0.2, 0.25) is 0 Å². The number of rotatable bonds is 9. The number of ether oxygens (including phenoxy) is 1. The highest BCUT2D eigenvalue weighted by Crippen LogP contribution is 2.36. The van der Waals surface area contributed by atoms with E-state index in [9.17, 15) is 18.0 Å². The molecule has 0 aliphatic heterocycles. The number of carboxylic acid groups (broad SMARTS) is 1. The van der Waals surface area contributed by atoms with E-state index < -0.39 is 18.4 Å². The quantitative estimate of drug-likeness (QED) is 0.491. The Bertz CT molecular complexity index is 897. The summed E-state index contributed by atoms with van der Waals surface area (Å²) in [5.74, 6) is 2.37. The number of hydrogen-bond acceptors (Lipinski definition) is 6. The second-order valence-corrected chi connectivity index (χ2v) is 8.41. The zero-order valence-electron chi connectivity index (χ0n) is 17.0. The van der Waals surface area contributed by atoms with Crippen molar-refractivity contribution in [1.82, 2.24) is 4.98 Å². The molecule has 1 saturated carbocycles. The maximum atomic E-state index is 12.4. The number of halogens is 3. The summed E-state index contributed by atoms with van der Waals surface area (Å²) in [6.45, 7) is 1.81. The van der Waals surface area contributed by atoms with E-state index in [2.05, 4.69) is 9.72 Å². The van der Waals surface area contributed by atoms with Crippen molar-refractivity contribution in [3.05, 3.63) is 47.1 Å². The molecule has 2 aromatic rings. The van der Waals surface area contributed by atoms with E-state index in [0.717, 1.165) is 5.69 Å². The van der Waals surface area contributed by atoms with Crippen LogP contribution >= 0.6 is 11.8 Å². The van der Waals surface area contributed by atoms with Gasteiger partial charge in [0.25, 0.3) is 0 Å². The van der Waals surface area contributed by atoms with Gasteiger partial charge in [-0.2, -0.15) is 0 Å². The number of carboxylic acids is 1. The predicted octanol–water partition coefficient (Wildman–Crippen LogP) is 5.56. The number of aryl methyl sites for hydroxylation is 1. The molecular formula is C21H24F3NO5S. The number of thioether (sulfide) groups is 1. The molecule has 0 aromatic carbocycles. The van der Waals surface area contributed by atoms with E-state index in [1.54, 1.807) is 6.08 Å². The van der Waals surface area contributed by atoms with Crippen molar-refractivity contribution in [3.63, 3.8) is 0 Å². The highest BCUT2D eigenvalue weighted by Gasteiger charge is 2.36. The molecule has 1 N–H and O–H groups in total. The van der Waals surface area contributed by atoms with Crippen molar-refractivity contribution in [2.45, 2.75) is 57.4 Å². The van der Waals surface area contributed by atoms with Crippen LogP contribution in [0.1, 0.15) is 60.5 Å². The Kier molecular flexibility index (Phi) is 7.88. The zero-order chi connectivity index (χ0) is 22.4. The predicted molar refractivity (Wildman–Crippen MR) is 109 cm³/mol. The third-order valence-electron chi connectivity index (χ3n) is 4.98. The Hall–Kier alpha value is -2.20. The van der Waals surface area contributed by atoms with Gasteiger partial charge in [-0.25, -0.2) is 4.98 Å². The van der Waals surface area contributed by atoms with Crippen LogP contribution in [0.3, 0.4) is 0 Å². The summed E-state index contributed by atoms with van der Waals surface area (Å²) in [5, 5.41) is 8.61. The minimum Gasteiger partial charge on any atom is -0.481 e. The zero-order valence-corrected chi connectivity index (χ0v) is 17.8.